The van der Waals surface area contributed by atoms with Gasteiger partial charge in [-0.3, -0.25) is 4.68 Å². The first-order chi connectivity index (χ1) is 10.3. The second-order valence-electron chi connectivity index (χ2n) is 5.54. The zero-order valence-electron chi connectivity index (χ0n) is 12.7. The molecule has 112 valence electrons. The van der Waals surface area contributed by atoms with Gasteiger partial charge in [-0.2, -0.15) is 5.10 Å². The first-order valence-electron chi connectivity index (χ1n) is 7.77. The minimum Gasteiger partial charge on any atom is -0.494 e. The predicted molar refractivity (Wildman–Crippen MR) is 83.5 cm³/mol. The van der Waals surface area contributed by atoms with Crippen LogP contribution in [-0.2, 0) is 13.1 Å². The minimum absolute atomic E-state index is 0.591. The normalized spacial score (nSPS) is 20.5. The van der Waals surface area contributed by atoms with Crippen LogP contribution in [0.4, 0.5) is 0 Å². The maximum atomic E-state index is 5.48. The summed E-state index contributed by atoms with van der Waals surface area (Å²) in [5.74, 6) is 1.60. The number of ether oxygens (including phenoxy) is 1. The van der Waals surface area contributed by atoms with E-state index in [9.17, 15) is 0 Å². The van der Waals surface area contributed by atoms with E-state index in [-0.39, 0.29) is 0 Å². The lowest BCUT2D eigenvalue weighted by molar-refractivity contribution is 0.340. The van der Waals surface area contributed by atoms with Crippen LogP contribution >= 0.6 is 0 Å². The van der Waals surface area contributed by atoms with E-state index in [1.165, 1.54) is 17.5 Å². The molecule has 0 aliphatic heterocycles. The van der Waals surface area contributed by atoms with Crippen molar-refractivity contribution in [1.82, 2.24) is 15.1 Å². The molecule has 1 heterocycles. The van der Waals surface area contributed by atoms with E-state index in [4.69, 9.17) is 4.74 Å². The highest BCUT2D eigenvalue weighted by atomic mass is 16.5. The fraction of sp³-hybridized carbons (Fsp3) is 0.471. The number of nitrogens with zero attached hydrogens (tertiary/aromatic N) is 2. The molecule has 1 aliphatic carbocycles. The zero-order valence-corrected chi connectivity index (χ0v) is 12.7. The molecule has 1 aliphatic rings. The summed E-state index contributed by atoms with van der Waals surface area (Å²) in [6, 6.07) is 9.10. The molecule has 21 heavy (non-hydrogen) atoms. The molecule has 0 bridgehead atoms. The van der Waals surface area contributed by atoms with E-state index < -0.39 is 0 Å². The molecule has 0 unspecified atom stereocenters. The number of hydrogen-bond acceptors (Lipinski definition) is 3. The van der Waals surface area contributed by atoms with Gasteiger partial charge in [0.05, 0.1) is 12.8 Å². The number of nitrogens with one attached hydrogen (secondary N) is 1. The highest BCUT2D eigenvalue weighted by Gasteiger charge is 2.37. The molecule has 0 spiro atoms. The molecule has 0 saturated heterocycles. The van der Waals surface area contributed by atoms with Crippen molar-refractivity contribution in [2.45, 2.75) is 45.3 Å². The second-order valence-corrected chi connectivity index (χ2v) is 5.54. The SMILES string of the molecule is CCOc1ccc([C@@H]2C[C@H]2NCc2cnn(CC)c2)cc1. The van der Waals surface area contributed by atoms with Gasteiger partial charge < -0.3 is 10.1 Å². The molecule has 1 aromatic heterocycles. The van der Waals surface area contributed by atoms with E-state index in [0.29, 0.717) is 12.0 Å². The van der Waals surface area contributed by atoms with Gasteiger partial charge in [0.1, 0.15) is 5.75 Å². The summed E-state index contributed by atoms with van der Waals surface area (Å²) in [7, 11) is 0. The Balaban J connectivity index is 1.49. The smallest absolute Gasteiger partial charge is 0.119 e. The van der Waals surface area contributed by atoms with Crippen LogP contribution in [0, 0.1) is 0 Å². The Hall–Kier alpha value is -1.81. The number of benzene rings is 1. The average Bonchev–Trinajstić information content (AvgIpc) is 3.14. The average molecular weight is 285 g/mol. The third-order valence-corrected chi connectivity index (χ3v) is 3.99. The molecule has 3 rings (SSSR count). The zero-order chi connectivity index (χ0) is 14.7. The molecule has 4 heteroatoms. The van der Waals surface area contributed by atoms with Crippen LogP contribution in [0.1, 0.15) is 37.3 Å². The molecular formula is C17H23N3O. The van der Waals surface area contributed by atoms with Crippen LogP contribution < -0.4 is 10.1 Å². The number of aromatic nitrogens is 2. The predicted octanol–water partition coefficient (Wildman–Crippen LogP) is 2.95. The van der Waals surface area contributed by atoms with Gasteiger partial charge in [0.15, 0.2) is 0 Å². The summed E-state index contributed by atoms with van der Waals surface area (Å²) in [6.07, 6.45) is 5.28. The fourth-order valence-corrected chi connectivity index (χ4v) is 2.69. The van der Waals surface area contributed by atoms with Crippen molar-refractivity contribution in [2.75, 3.05) is 6.61 Å². The lowest BCUT2D eigenvalue weighted by Crippen LogP contribution is -2.16. The summed E-state index contributed by atoms with van der Waals surface area (Å²) in [5, 5.41) is 7.91. The molecule has 1 N–H and O–H groups in total. The van der Waals surface area contributed by atoms with Crippen molar-refractivity contribution in [1.29, 1.82) is 0 Å². The largest absolute Gasteiger partial charge is 0.494 e. The standard InChI is InChI=1S/C17H23N3O/c1-3-20-12-13(11-19-20)10-18-17-9-16(17)14-5-7-15(8-6-14)21-4-2/h5-8,11-12,16-18H,3-4,9-10H2,1-2H3/t16-,17+/m0/s1. The maximum absolute atomic E-state index is 5.48. The number of aryl methyl sites for hydroxylation is 1. The van der Waals surface area contributed by atoms with Gasteiger partial charge in [0.2, 0.25) is 0 Å². The molecule has 2 aromatic rings. The first kappa shape index (κ1) is 14.1. The van der Waals surface area contributed by atoms with Gasteiger partial charge in [-0.1, -0.05) is 12.1 Å². The first-order valence-corrected chi connectivity index (χ1v) is 7.77. The molecule has 4 nitrogen and oxygen atoms in total. The summed E-state index contributed by atoms with van der Waals surface area (Å²) in [4.78, 5) is 0. The minimum atomic E-state index is 0.591. The van der Waals surface area contributed by atoms with Gasteiger partial charge >= 0.3 is 0 Å². The quantitative estimate of drug-likeness (QED) is 0.850. The summed E-state index contributed by atoms with van der Waals surface area (Å²) in [5.41, 5.74) is 2.66. The van der Waals surface area contributed by atoms with Crippen molar-refractivity contribution >= 4 is 0 Å². The lowest BCUT2D eigenvalue weighted by atomic mass is 10.1. The lowest BCUT2D eigenvalue weighted by Gasteiger charge is -2.05. The van der Waals surface area contributed by atoms with E-state index in [1.54, 1.807) is 0 Å². The highest BCUT2D eigenvalue weighted by Crippen LogP contribution is 2.41. The number of hydrogen-bond donors (Lipinski definition) is 1. The van der Waals surface area contributed by atoms with Crippen molar-refractivity contribution in [3.05, 3.63) is 47.8 Å². The van der Waals surface area contributed by atoms with E-state index in [2.05, 4.69) is 47.8 Å². The van der Waals surface area contributed by atoms with Gasteiger partial charge in [0.25, 0.3) is 0 Å². The Bertz CT molecular complexity index is 576. The van der Waals surface area contributed by atoms with Gasteiger partial charge in [-0.25, -0.2) is 0 Å². The molecule has 0 amide bonds. The monoisotopic (exact) mass is 285 g/mol. The second kappa shape index (κ2) is 6.31. The number of rotatable bonds is 7. The topological polar surface area (TPSA) is 39.1 Å². The van der Waals surface area contributed by atoms with Crippen LogP contribution in [-0.4, -0.2) is 22.4 Å². The van der Waals surface area contributed by atoms with Gasteiger partial charge in [-0.15, -0.1) is 0 Å². The molecular weight excluding hydrogens is 262 g/mol. The summed E-state index contributed by atoms with van der Waals surface area (Å²) >= 11 is 0. The van der Waals surface area contributed by atoms with E-state index >= 15 is 0 Å². The maximum Gasteiger partial charge on any atom is 0.119 e. The Morgan fingerprint density at radius 2 is 2.10 bits per heavy atom. The molecule has 2 atom stereocenters. The highest BCUT2D eigenvalue weighted by molar-refractivity contribution is 5.33. The van der Waals surface area contributed by atoms with Crippen LogP contribution in [0.3, 0.4) is 0 Å². The van der Waals surface area contributed by atoms with E-state index in [0.717, 1.165) is 25.4 Å². The third-order valence-electron chi connectivity index (χ3n) is 3.99. The van der Waals surface area contributed by atoms with Crippen molar-refractivity contribution in [3.8, 4) is 5.75 Å². The van der Waals surface area contributed by atoms with Crippen molar-refractivity contribution in [2.24, 2.45) is 0 Å². The fourth-order valence-electron chi connectivity index (χ4n) is 2.69. The van der Waals surface area contributed by atoms with Crippen LogP contribution in [0.25, 0.3) is 0 Å². The summed E-state index contributed by atoms with van der Waals surface area (Å²) < 4.78 is 7.45. The Kier molecular flexibility index (Phi) is 4.25. The Morgan fingerprint density at radius 1 is 1.29 bits per heavy atom. The van der Waals surface area contributed by atoms with Crippen molar-refractivity contribution < 1.29 is 4.74 Å². The van der Waals surface area contributed by atoms with E-state index in [1.807, 2.05) is 17.8 Å². The van der Waals surface area contributed by atoms with Crippen LogP contribution in [0.15, 0.2) is 36.7 Å². The Morgan fingerprint density at radius 3 is 2.76 bits per heavy atom. The molecule has 1 saturated carbocycles. The van der Waals surface area contributed by atoms with Crippen LogP contribution in [0.2, 0.25) is 0 Å². The molecule has 1 fully saturated rings. The van der Waals surface area contributed by atoms with Gasteiger partial charge in [-0.05, 0) is 38.0 Å². The van der Waals surface area contributed by atoms with Crippen LogP contribution in [0.5, 0.6) is 5.75 Å². The Labute approximate surface area is 126 Å². The third kappa shape index (κ3) is 3.45. The molecule has 1 aromatic carbocycles. The van der Waals surface area contributed by atoms with Crippen molar-refractivity contribution in [3.63, 3.8) is 0 Å². The molecule has 0 radical (unpaired) electrons. The van der Waals surface area contributed by atoms with Gasteiger partial charge in [0, 0.05) is 36.8 Å². The summed E-state index contributed by atoms with van der Waals surface area (Å²) in [6.45, 7) is 6.66.